The Kier molecular flexibility index (Phi) is 4.23. The van der Waals surface area contributed by atoms with Crippen molar-refractivity contribution < 1.29 is 10.0 Å². The molecule has 0 bridgehead atoms. The quantitative estimate of drug-likeness (QED) is 0.653. The third-order valence-electron chi connectivity index (χ3n) is 3.99. The molecule has 0 amide bonds. The minimum absolute atomic E-state index is 0.0376. The van der Waals surface area contributed by atoms with Gasteiger partial charge < -0.3 is 10.4 Å². The largest absolute Gasteiger partial charge is 0.394 e. The lowest BCUT2D eigenvalue weighted by Crippen LogP contribution is -2.46. The number of anilines is 1. The zero-order valence-electron chi connectivity index (χ0n) is 11.9. The summed E-state index contributed by atoms with van der Waals surface area (Å²) in [7, 11) is 0. The first-order valence-corrected chi connectivity index (χ1v) is 6.97. The van der Waals surface area contributed by atoms with Crippen LogP contribution < -0.4 is 5.32 Å². The molecule has 0 spiro atoms. The first kappa shape index (κ1) is 14.7. The van der Waals surface area contributed by atoms with Crippen molar-refractivity contribution in [2.24, 2.45) is 5.92 Å². The number of aryl methyl sites for hydroxylation is 1. The number of aromatic nitrogens is 1. The number of nitro groups is 1. The molecule has 6 heteroatoms. The van der Waals surface area contributed by atoms with Crippen LogP contribution in [0.15, 0.2) is 12.1 Å². The predicted molar refractivity (Wildman–Crippen MR) is 76.7 cm³/mol. The molecule has 1 heterocycles. The zero-order chi connectivity index (χ0) is 14.8. The van der Waals surface area contributed by atoms with Gasteiger partial charge in [0.2, 0.25) is 5.82 Å². The maximum atomic E-state index is 11.1. The molecule has 1 aliphatic rings. The first-order valence-electron chi connectivity index (χ1n) is 6.97. The Morgan fingerprint density at radius 2 is 2.35 bits per heavy atom. The van der Waals surface area contributed by atoms with Crippen molar-refractivity contribution in [1.29, 1.82) is 0 Å². The number of nitrogens with zero attached hydrogens (tertiary/aromatic N) is 2. The topological polar surface area (TPSA) is 88.3 Å². The molecule has 0 radical (unpaired) electrons. The molecule has 110 valence electrons. The van der Waals surface area contributed by atoms with Crippen LogP contribution >= 0.6 is 0 Å². The van der Waals surface area contributed by atoms with Crippen LogP contribution in [-0.2, 0) is 0 Å². The van der Waals surface area contributed by atoms with E-state index in [0.29, 0.717) is 5.92 Å². The maximum Gasteiger partial charge on any atom is 0.311 e. The van der Waals surface area contributed by atoms with E-state index in [1.54, 1.807) is 13.0 Å². The molecule has 20 heavy (non-hydrogen) atoms. The summed E-state index contributed by atoms with van der Waals surface area (Å²) in [6.45, 7) is 3.90. The monoisotopic (exact) mass is 279 g/mol. The molecule has 2 atom stereocenters. The van der Waals surface area contributed by atoms with Gasteiger partial charge in [-0.25, -0.2) is 4.98 Å². The van der Waals surface area contributed by atoms with Crippen LogP contribution in [0.3, 0.4) is 0 Å². The van der Waals surface area contributed by atoms with E-state index >= 15 is 0 Å². The van der Waals surface area contributed by atoms with Crippen LogP contribution in [0.25, 0.3) is 0 Å². The highest BCUT2D eigenvalue weighted by atomic mass is 16.6. The highest BCUT2D eigenvalue weighted by molar-refractivity contribution is 5.57. The third kappa shape index (κ3) is 3.07. The fraction of sp³-hybridized carbons (Fsp3) is 0.643. The van der Waals surface area contributed by atoms with Gasteiger partial charge >= 0.3 is 5.69 Å². The molecule has 2 N–H and O–H groups in total. The van der Waals surface area contributed by atoms with Crippen LogP contribution in [0.5, 0.6) is 0 Å². The Hall–Kier alpha value is -1.69. The number of aliphatic hydroxyl groups is 1. The normalized spacial score (nSPS) is 26.2. The Morgan fingerprint density at radius 1 is 1.60 bits per heavy atom. The van der Waals surface area contributed by atoms with Crippen LogP contribution in [0.2, 0.25) is 0 Å². The second-order valence-corrected chi connectivity index (χ2v) is 5.84. The van der Waals surface area contributed by atoms with Crippen molar-refractivity contribution in [3.05, 3.63) is 27.9 Å². The Bertz CT molecular complexity index is 506. The minimum Gasteiger partial charge on any atom is -0.394 e. The van der Waals surface area contributed by atoms with E-state index in [1.807, 2.05) is 0 Å². The van der Waals surface area contributed by atoms with Crippen LogP contribution in [-0.4, -0.2) is 27.2 Å². The van der Waals surface area contributed by atoms with Gasteiger partial charge in [0.05, 0.1) is 17.1 Å². The summed E-state index contributed by atoms with van der Waals surface area (Å²) in [5.41, 5.74) is 0.181. The maximum absolute atomic E-state index is 11.1. The lowest BCUT2D eigenvalue weighted by Gasteiger charge is -2.39. The smallest absolute Gasteiger partial charge is 0.311 e. The molecule has 0 aromatic carbocycles. The molecule has 6 nitrogen and oxygen atoms in total. The standard InChI is InChI=1S/C14H21N3O3/c1-10-4-3-7-14(8-10,9-18)16-13-12(17(19)20)6-5-11(2)15-13/h5-6,10,18H,3-4,7-9H2,1-2H3,(H,15,16). The van der Waals surface area contributed by atoms with E-state index in [0.717, 1.165) is 31.4 Å². The molecular weight excluding hydrogens is 258 g/mol. The zero-order valence-corrected chi connectivity index (χ0v) is 11.9. The highest BCUT2D eigenvalue weighted by Gasteiger charge is 2.36. The third-order valence-corrected chi connectivity index (χ3v) is 3.99. The van der Waals surface area contributed by atoms with Gasteiger partial charge in [0.25, 0.3) is 0 Å². The van der Waals surface area contributed by atoms with E-state index in [4.69, 9.17) is 0 Å². The van der Waals surface area contributed by atoms with Crippen LogP contribution in [0, 0.1) is 23.0 Å². The Labute approximate surface area is 118 Å². The second-order valence-electron chi connectivity index (χ2n) is 5.84. The molecule has 0 aliphatic heterocycles. The van der Waals surface area contributed by atoms with Crippen LogP contribution in [0.1, 0.15) is 38.3 Å². The predicted octanol–water partition coefficient (Wildman–Crippen LogP) is 2.65. The van der Waals surface area contributed by atoms with Gasteiger partial charge in [-0.05, 0) is 31.7 Å². The SMILES string of the molecule is Cc1ccc([N+](=O)[O-])c(NC2(CO)CCCC(C)C2)n1. The fourth-order valence-corrected chi connectivity index (χ4v) is 3.00. The average Bonchev–Trinajstić information content (AvgIpc) is 2.38. The van der Waals surface area contributed by atoms with Gasteiger partial charge in [0.1, 0.15) is 0 Å². The number of aliphatic hydroxyl groups excluding tert-OH is 1. The number of nitrogens with one attached hydrogen (secondary N) is 1. The summed E-state index contributed by atoms with van der Waals surface area (Å²) in [6.07, 6.45) is 3.75. The van der Waals surface area contributed by atoms with Crippen molar-refractivity contribution in [2.75, 3.05) is 11.9 Å². The molecule has 1 aliphatic carbocycles. The molecule has 1 aromatic rings. The number of rotatable bonds is 4. The Balaban J connectivity index is 2.31. The Morgan fingerprint density at radius 3 is 2.95 bits per heavy atom. The van der Waals surface area contributed by atoms with Crippen molar-refractivity contribution >= 4 is 11.5 Å². The number of hydrogen-bond acceptors (Lipinski definition) is 5. The first-order chi connectivity index (χ1) is 9.46. The summed E-state index contributed by atoms with van der Waals surface area (Å²) in [6, 6.07) is 3.08. The summed E-state index contributed by atoms with van der Waals surface area (Å²) in [5, 5.41) is 24.0. The molecule has 0 saturated heterocycles. The molecule has 1 fully saturated rings. The summed E-state index contributed by atoms with van der Waals surface area (Å²) < 4.78 is 0. The summed E-state index contributed by atoms with van der Waals surface area (Å²) in [5.74, 6) is 0.755. The lowest BCUT2D eigenvalue weighted by atomic mass is 9.77. The van der Waals surface area contributed by atoms with Crippen molar-refractivity contribution in [2.45, 2.75) is 45.1 Å². The fourth-order valence-electron chi connectivity index (χ4n) is 3.00. The molecule has 1 saturated carbocycles. The summed E-state index contributed by atoms with van der Waals surface area (Å²) in [4.78, 5) is 14.9. The lowest BCUT2D eigenvalue weighted by molar-refractivity contribution is -0.384. The van der Waals surface area contributed by atoms with Gasteiger partial charge in [-0.15, -0.1) is 0 Å². The minimum atomic E-state index is -0.497. The number of pyridine rings is 1. The van der Waals surface area contributed by atoms with Gasteiger partial charge in [0, 0.05) is 11.8 Å². The molecule has 2 rings (SSSR count). The van der Waals surface area contributed by atoms with E-state index in [2.05, 4.69) is 17.2 Å². The number of hydrogen-bond donors (Lipinski definition) is 2. The highest BCUT2D eigenvalue weighted by Crippen LogP contribution is 2.36. The van der Waals surface area contributed by atoms with Crippen molar-refractivity contribution in [1.82, 2.24) is 4.98 Å². The van der Waals surface area contributed by atoms with Gasteiger partial charge in [-0.1, -0.05) is 19.8 Å². The second kappa shape index (κ2) is 5.75. The van der Waals surface area contributed by atoms with E-state index in [9.17, 15) is 15.2 Å². The van der Waals surface area contributed by atoms with Crippen molar-refractivity contribution in [3.8, 4) is 0 Å². The molecule has 2 unspecified atom stereocenters. The van der Waals surface area contributed by atoms with Crippen molar-refractivity contribution in [3.63, 3.8) is 0 Å². The van der Waals surface area contributed by atoms with E-state index < -0.39 is 10.5 Å². The average molecular weight is 279 g/mol. The van der Waals surface area contributed by atoms with E-state index in [1.165, 1.54) is 6.07 Å². The van der Waals surface area contributed by atoms with Gasteiger partial charge in [0.15, 0.2) is 0 Å². The molecular formula is C14H21N3O3. The molecule has 1 aromatic heterocycles. The van der Waals surface area contributed by atoms with Crippen LogP contribution in [0.4, 0.5) is 11.5 Å². The summed E-state index contributed by atoms with van der Waals surface area (Å²) >= 11 is 0. The van der Waals surface area contributed by atoms with E-state index in [-0.39, 0.29) is 18.1 Å². The van der Waals surface area contributed by atoms with Gasteiger partial charge in [-0.2, -0.15) is 0 Å². The van der Waals surface area contributed by atoms with Gasteiger partial charge in [-0.3, -0.25) is 10.1 Å².